The van der Waals surface area contributed by atoms with Crippen molar-refractivity contribution in [3.8, 4) is 0 Å². The van der Waals surface area contributed by atoms with Crippen LogP contribution in [0.15, 0.2) is 29.4 Å². The standard InChI is InChI=1S/C17H19FN2O3/c1-16(2)11-7-8-17(16,13(21)9-11)15(22)23-20-14(19)10-3-5-12(18)6-4-10/h3-6,11H,7-9H2,1-2H3,(H2,19,20)/t11-,17+/m1/s1. The molecule has 3 rings (SSSR count). The number of nitrogens with two attached hydrogens (primary N) is 1. The normalized spacial score (nSPS) is 28.9. The first-order valence-corrected chi connectivity index (χ1v) is 7.63. The number of rotatable bonds is 3. The highest BCUT2D eigenvalue weighted by atomic mass is 19.1. The highest BCUT2D eigenvalue weighted by molar-refractivity contribution is 6.07. The van der Waals surface area contributed by atoms with Crippen molar-refractivity contribution in [1.82, 2.24) is 0 Å². The van der Waals surface area contributed by atoms with Crippen LogP contribution in [0, 0.1) is 22.6 Å². The summed E-state index contributed by atoms with van der Waals surface area (Å²) < 4.78 is 12.9. The quantitative estimate of drug-likeness (QED) is 0.305. The van der Waals surface area contributed by atoms with E-state index in [-0.39, 0.29) is 17.5 Å². The van der Waals surface area contributed by atoms with Crippen molar-refractivity contribution in [2.75, 3.05) is 0 Å². The van der Waals surface area contributed by atoms with Crippen LogP contribution in [-0.4, -0.2) is 17.6 Å². The summed E-state index contributed by atoms with van der Waals surface area (Å²) in [4.78, 5) is 29.9. The minimum atomic E-state index is -1.12. The van der Waals surface area contributed by atoms with Crippen molar-refractivity contribution in [2.24, 2.45) is 27.6 Å². The molecule has 0 heterocycles. The Morgan fingerprint density at radius 1 is 1.35 bits per heavy atom. The van der Waals surface area contributed by atoms with Crippen LogP contribution in [0.3, 0.4) is 0 Å². The number of carbonyl (C=O) groups excluding carboxylic acids is 2. The lowest BCUT2D eigenvalue weighted by Gasteiger charge is -2.32. The lowest BCUT2D eigenvalue weighted by molar-refractivity contribution is -0.164. The molecule has 0 aromatic heterocycles. The molecule has 1 aromatic rings. The third-order valence-corrected chi connectivity index (χ3v) is 5.61. The Kier molecular flexibility index (Phi) is 3.50. The van der Waals surface area contributed by atoms with Crippen LogP contribution in [0.1, 0.15) is 38.7 Å². The summed E-state index contributed by atoms with van der Waals surface area (Å²) in [6.07, 6.45) is 1.75. The van der Waals surface area contributed by atoms with Gasteiger partial charge >= 0.3 is 5.97 Å². The molecule has 0 unspecified atom stereocenters. The number of Topliss-reactive ketones (excluding diaryl/α,β-unsaturated/α-hetero) is 1. The maximum absolute atomic E-state index is 12.9. The molecule has 2 atom stereocenters. The van der Waals surface area contributed by atoms with Gasteiger partial charge in [-0.2, -0.15) is 0 Å². The lowest BCUT2D eigenvalue weighted by atomic mass is 9.69. The van der Waals surface area contributed by atoms with E-state index in [4.69, 9.17) is 10.6 Å². The first kappa shape index (κ1) is 15.6. The van der Waals surface area contributed by atoms with Crippen molar-refractivity contribution >= 4 is 17.6 Å². The molecule has 0 saturated heterocycles. The first-order valence-electron chi connectivity index (χ1n) is 7.63. The van der Waals surface area contributed by atoms with Crippen LogP contribution in [-0.2, 0) is 14.4 Å². The largest absolute Gasteiger partial charge is 0.380 e. The van der Waals surface area contributed by atoms with E-state index >= 15 is 0 Å². The summed E-state index contributed by atoms with van der Waals surface area (Å²) >= 11 is 0. The SMILES string of the molecule is CC1(C)[C@@H]2CC[C@@]1(C(=O)O/N=C(\N)c1ccc(F)cc1)C(=O)C2. The smallest absolute Gasteiger partial charge is 0.349 e. The second kappa shape index (κ2) is 5.15. The summed E-state index contributed by atoms with van der Waals surface area (Å²) in [5.74, 6) is -0.932. The molecule has 1 aromatic carbocycles. The van der Waals surface area contributed by atoms with Crippen molar-refractivity contribution in [1.29, 1.82) is 0 Å². The molecule has 2 bridgehead atoms. The summed E-state index contributed by atoms with van der Waals surface area (Å²) in [5.41, 5.74) is 4.65. The number of hydrogen-bond acceptors (Lipinski definition) is 4. The van der Waals surface area contributed by atoms with Gasteiger partial charge in [-0.3, -0.25) is 4.79 Å². The molecule has 0 radical (unpaired) electrons. The molecule has 0 aliphatic heterocycles. The van der Waals surface area contributed by atoms with Gasteiger partial charge < -0.3 is 10.6 Å². The van der Waals surface area contributed by atoms with Crippen LogP contribution in [0.4, 0.5) is 4.39 Å². The minimum Gasteiger partial charge on any atom is -0.380 e. The second-order valence-corrected chi connectivity index (χ2v) is 6.85. The van der Waals surface area contributed by atoms with Crippen LogP contribution >= 0.6 is 0 Å². The summed E-state index contributed by atoms with van der Waals surface area (Å²) in [5, 5.41) is 3.65. The number of hydrogen-bond donors (Lipinski definition) is 1. The summed E-state index contributed by atoms with van der Waals surface area (Å²) in [6, 6.07) is 5.36. The van der Waals surface area contributed by atoms with Gasteiger partial charge in [0, 0.05) is 12.0 Å². The number of halogens is 1. The third kappa shape index (κ3) is 2.16. The van der Waals surface area contributed by atoms with Gasteiger partial charge in [0.2, 0.25) is 0 Å². The molecule has 0 amide bonds. The van der Waals surface area contributed by atoms with Gasteiger partial charge in [0.25, 0.3) is 0 Å². The summed E-state index contributed by atoms with van der Waals surface area (Å²) in [7, 11) is 0. The number of oxime groups is 1. The van der Waals surface area contributed by atoms with Crippen LogP contribution in [0.5, 0.6) is 0 Å². The van der Waals surface area contributed by atoms with Crippen LogP contribution in [0.2, 0.25) is 0 Å². The molecule has 122 valence electrons. The van der Waals surface area contributed by atoms with E-state index in [0.29, 0.717) is 18.4 Å². The lowest BCUT2D eigenvalue weighted by Crippen LogP contribution is -2.44. The second-order valence-electron chi connectivity index (χ2n) is 6.85. The van der Waals surface area contributed by atoms with Gasteiger partial charge in [0.1, 0.15) is 11.2 Å². The topological polar surface area (TPSA) is 81.8 Å². The Morgan fingerprint density at radius 3 is 2.52 bits per heavy atom. The van der Waals surface area contributed by atoms with Gasteiger partial charge in [0.05, 0.1) is 0 Å². The molecule has 2 N–H and O–H groups in total. The van der Waals surface area contributed by atoms with Gasteiger partial charge in [-0.1, -0.05) is 19.0 Å². The fourth-order valence-electron chi connectivity index (χ4n) is 4.00. The first-order chi connectivity index (χ1) is 10.8. The third-order valence-electron chi connectivity index (χ3n) is 5.61. The molecule has 2 aliphatic carbocycles. The number of nitrogens with zero attached hydrogens (tertiary/aromatic N) is 1. The predicted octanol–water partition coefficient (Wildman–Crippen LogP) is 2.38. The minimum absolute atomic E-state index is 0.0347. The Bertz CT molecular complexity index is 696. The summed E-state index contributed by atoms with van der Waals surface area (Å²) in [6.45, 7) is 3.87. The Hall–Kier alpha value is -2.24. The van der Waals surface area contributed by atoms with Crippen molar-refractivity contribution in [3.63, 3.8) is 0 Å². The zero-order valence-corrected chi connectivity index (χ0v) is 13.1. The molecule has 5 nitrogen and oxygen atoms in total. The maximum Gasteiger partial charge on any atom is 0.349 e. The Balaban J connectivity index is 1.81. The van der Waals surface area contributed by atoms with Crippen LogP contribution in [0.25, 0.3) is 0 Å². The highest BCUT2D eigenvalue weighted by Crippen LogP contribution is 2.64. The maximum atomic E-state index is 12.9. The zero-order valence-electron chi connectivity index (χ0n) is 13.1. The Morgan fingerprint density at radius 2 is 2.00 bits per heavy atom. The Labute approximate surface area is 133 Å². The van der Waals surface area contributed by atoms with E-state index in [2.05, 4.69) is 5.16 Å². The average Bonchev–Trinajstić information content (AvgIpc) is 2.88. The van der Waals surface area contributed by atoms with E-state index in [1.807, 2.05) is 13.8 Å². The van der Waals surface area contributed by atoms with E-state index in [9.17, 15) is 14.0 Å². The molecule has 2 aliphatic rings. The van der Waals surface area contributed by atoms with E-state index in [1.54, 1.807) is 0 Å². The van der Waals surface area contributed by atoms with Gasteiger partial charge in [-0.05, 0) is 48.4 Å². The molecule has 23 heavy (non-hydrogen) atoms. The van der Waals surface area contributed by atoms with Gasteiger partial charge in [-0.15, -0.1) is 0 Å². The molecular weight excluding hydrogens is 299 g/mol. The van der Waals surface area contributed by atoms with Crippen molar-refractivity contribution in [3.05, 3.63) is 35.6 Å². The highest BCUT2D eigenvalue weighted by Gasteiger charge is 2.69. The predicted molar refractivity (Wildman–Crippen MR) is 81.8 cm³/mol. The average molecular weight is 318 g/mol. The molecule has 2 fully saturated rings. The monoisotopic (exact) mass is 318 g/mol. The van der Waals surface area contributed by atoms with Crippen molar-refractivity contribution < 1.29 is 18.8 Å². The van der Waals surface area contributed by atoms with E-state index in [1.165, 1.54) is 24.3 Å². The van der Waals surface area contributed by atoms with E-state index in [0.717, 1.165) is 6.42 Å². The zero-order chi connectivity index (χ0) is 16.8. The van der Waals surface area contributed by atoms with Crippen molar-refractivity contribution in [2.45, 2.75) is 33.1 Å². The molecular formula is C17H19FN2O3. The molecule has 0 spiro atoms. The molecule has 6 heteroatoms. The number of amidine groups is 1. The molecule has 2 saturated carbocycles. The number of fused-ring (bicyclic) bond motifs is 2. The van der Waals surface area contributed by atoms with Crippen LogP contribution < -0.4 is 5.73 Å². The number of carbonyl (C=O) groups is 2. The fourth-order valence-corrected chi connectivity index (χ4v) is 4.00. The van der Waals surface area contributed by atoms with E-state index < -0.39 is 22.6 Å². The van der Waals surface area contributed by atoms with Gasteiger partial charge in [-0.25, -0.2) is 9.18 Å². The fraction of sp³-hybridized carbons (Fsp3) is 0.471. The number of ketones is 1. The number of benzene rings is 1. The van der Waals surface area contributed by atoms with Gasteiger partial charge in [0.15, 0.2) is 11.6 Å².